The van der Waals surface area contributed by atoms with Crippen molar-refractivity contribution in [3.05, 3.63) is 59.9 Å². The quantitative estimate of drug-likeness (QED) is 0.737. The first-order chi connectivity index (χ1) is 10.7. The Kier molecular flexibility index (Phi) is 3.92. The standard InChI is InChI=1S/C18H16FNO2/c1-22-17(21)11-10-15-14-4-2-3-5-16(14)20-18(15)12-6-8-13(19)9-7-12/h2-9,20H,10-11H2,1H3. The Morgan fingerprint density at radius 3 is 2.59 bits per heavy atom. The molecule has 0 saturated carbocycles. The lowest BCUT2D eigenvalue weighted by molar-refractivity contribution is -0.140. The van der Waals surface area contributed by atoms with Gasteiger partial charge in [-0.2, -0.15) is 0 Å². The fourth-order valence-corrected chi connectivity index (χ4v) is 2.65. The summed E-state index contributed by atoms with van der Waals surface area (Å²) in [6, 6.07) is 14.3. The average Bonchev–Trinajstić information content (AvgIpc) is 2.92. The Morgan fingerprint density at radius 2 is 1.86 bits per heavy atom. The number of carbonyl (C=O) groups is 1. The third kappa shape index (κ3) is 2.72. The first-order valence-electron chi connectivity index (χ1n) is 7.11. The van der Waals surface area contributed by atoms with E-state index < -0.39 is 0 Å². The summed E-state index contributed by atoms with van der Waals surface area (Å²) in [6.45, 7) is 0. The van der Waals surface area contributed by atoms with Crippen LogP contribution in [0.25, 0.3) is 22.2 Å². The van der Waals surface area contributed by atoms with E-state index in [0.717, 1.165) is 27.7 Å². The van der Waals surface area contributed by atoms with E-state index in [1.165, 1.54) is 19.2 Å². The lowest BCUT2D eigenvalue weighted by atomic mass is 10.0. The molecule has 0 aliphatic carbocycles. The minimum Gasteiger partial charge on any atom is -0.469 e. The van der Waals surface area contributed by atoms with E-state index in [-0.39, 0.29) is 11.8 Å². The molecule has 3 rings (SSSR count). The van der Waals surface area contributed by atoms with Crippen LogP contribution in [-0.2, 0) is 16.0 Å². The maximum Gasteiger partial charge on any atom is 0.305 e. The van der Waals surface area contributed by atoms with E-state index in [0.29, 0.717) is 12.8 Å². The molecule has 0 unspecified atom stereocenters. The summed E-state index contributed by atoms with van der Waals surface area (Å²) in [6.07, 6.45) is 0.885. The van der Waals surface area contributed by atoms with Crippen molar-refractivity contribution in [1.29, 1.82) is 0 Å². The summed E-state index contributed by atoms with van der Waals surface area (Å²) >= 11 is 0. The minimum atomic E-state index is -0.268. The topological polar surface area (TPSA) is 42.1 Å². The molecule has 0 aliphatic rings. The molecule has 3 nitrogen and oxygen atoms in total. The third-order valence-electron chi connectivity index (χ3n) is 3.75. The van der Waals surface area contributed by atoms with Crippen molar-refractivity contribution in [2.75, 3.05) is 7.11 Å². The number of carbonyl (C=O) groups excluding carboxylic acids is 1. The first kappa shape index (κ1) is 14.3. The van der Waals surface area contributed by atoms with Crippen LogP contribution in [-0.4, -0.2) is 18.1 Å². The highest BCUT2D eigenvalue weighted by Gasteiger charge is 2.14. The van der Waals surface area contributed by atoms with Crippen LogP contribution in [0.1, 0.15) is 12.0 Å². The molecule has 0 saturated heterocycles. The second-order valence-corrected chi connectivity index (χ2v) is 5.11. The van der Waals surface area contributed by atoms with Crippen molar-refractivity contribution in [1.82, 2.24) is 4.98 Å². The number of aryl methyl sites for hydroxylation is 1. The van der Waals surface area contributed by atoms with Crippen LogP contribution in [0.15, 0.2) is 48.5 Å². The fourth-order valence-electron chi connectivity index (χ4n) is 2.65. The number of para-hydroxylation sites is 1. The van der Waals surface area contributed by atoms with Crippen molar-refractivity contribution < 1.29 is 13.9 Å². The summed E-state index contributed by atoms with van der Waals surface area (Å²) < 4.78 is 17.9. The Bertz CT molecular complexity index is 806. The monoisotopic (exact) mass is 297 g/mol. The summed E-state index contributed by atoms with van der Waals surface area (Å²) in [5.41, 5.74) is 3.87. The number of ether oxygens (including phenoxy) is 1. The molecular formula is C18H16FNO2. The molecule has 3 aromatic rings. The van der Waals surface area contributed by atoms with Crippen molar-refractivity contribution in [2.45, 2.75) is 12.8 Å². The summed E-state index contributed by atoms with van der Waals surface area (Å²) in [5, 5.41) is 1.07. The van der Waals surface area contributed by atoms with Gasteiger partial charge >= 0.3 is 5.97 Å². The first-order valence-corrected chi connectivity index (χ1v) is 7.11. The van der Waals surface area contributed by atoms with Gasteiger partial charge in [0.2, 0.25) is 0 Å². The van der Waals surface area contributed by atoms with Crippen molar-refractivity contribution in [2.24, 2.45) is 0 Å². The van der Waals surface area contributed by atoms with Crippen LogP contribution < -0.4 is 0 Å². The van der Waals surface area contributed by atoms with E-state index in [2.05, 4.69) is 4.98 Å². The summed E-state index contributed by atoms with van der Waals surface area (Å²) in [7, 11) is 1.39. The molecule has 1 heterocycles. The molecule has 0 atom stereocenters. The van der Waals surface area contributed by atoms with Gasteiger partial charge in [0.1, 0.15) is 5.82 Å². The Hall–Kier alpha value is -2.62. The zero-order chi connectivity index (χ0) is 15.5. The van der Waals surface area contributed by atoms with Crippen LogP contribution in [0.3, 0.4) is 0 Å². The smallest absolute Gasteiger partial charge is 0.305 e. The average molecular weight is 297 g/mol. The second kappa shape index (κ2) is 6.02. The molecule has 1 N–H and O–H groups in total. The van der Waals surface area contributed by atoms with Crippen LogP contribution in [0.4, 0.5) is 4.39 Å². The molecule has 4 heteroatoms. The van der Waals surface area contributed by atoms with Gasteiger partial charge < -0.3 is 9.72 Å². The molecule has 0 amide bonds. The number of aromatic amines is 1. The molecule has 0 fully saturated rings. The van der Waals surface area contributed by atoms with Gasteiger partial charge in [0.15, 0.2) is 0 Å². The second-order valence-electron chi connectivity index (χ2n) is 5.11. The van der Waals surface area contributed by atoms with E-state index in [9.17, 15) is 9.18 Å². The number of hydrogen-bond donors (Lipinski definition) is 1. The molecular weight excluding hydrogens is 281 g/mol. The van der Waals surface area contributed by atoms with E-state index in [1.807, 2.05) is 24.3 Å². The van der Waals surface area contributed by atoms with Crippen LogP contribution in [0, 0.1) is 5.82 Å². The molecule has 0 aliphatic heterocycles. The number of H-pyrrole nitrogens is 1. The molecule has 0 spiro atoms. The van der Waals surface area contributed by atoms with Crippen molar-refractivity contribution >= 4 is 16.9 Å². The number of halogens is 1. The number of fused-ring (bicyclic) bond motifs is 1. The molecule has 22 heavy (non-hydrogen) atoms. The maximum atomic E-state index is 13.1. The van der Waals surface area contributed by atoms with Gasteiger partial charge in [0, 0.05) is 23.0 Å². The molecule has 112 valence electrons. The van der Waals surface area contributed by atoms with Crippen LogP contribution >= 0.6 is 0 Å². The molecule has 1 aromatic heterocycles. The lowest BCUT2D eigenvalue weighted by Crippen LogP contribution is -2.02. The predicted molar refractivity (Wildman–Crippen MR) is 84.0 cm³/mol. The Labute approximate surface area is 127 Å². The molecule has 0 bridgehead atoms. The van der Waals surface area contributed by atoms with Gasteiger partial charge in [-0.3, -0.25) is 4.79 Å². The van der Waals surface area contributed by atoms with Gasteiger partial charge in [-0.1, -0.05) is 18.2 Å². The predicted octanol–water partition coefficient (Wildman–Crippen LogP) is 4.08. The van der Waals surface area contributed by atoms with Crippen LogP contribution in [0.5, 0.6) is 0 Å². The van der Waals surface area contributed by atoms with E-state index in [1.54, 1.807) is 12.1 Å². The normalized spacial score (nSPS) is 10.8. The number of hydrogen-bond acceptors (Lipinski definition) is 2. The van der Waals surface area contributed by atoms with Gasteiger partial charge in [-0.25, -0.2) is 4.39 Å². The highest BCUT2D eigenvalue weighted by atomic mass is 19.1. The number of methoxy groups -OCH3 is 1. The summed E-state index contributed by atoms with van der Waals surface area (Å²) in [5.74, 6) is -0.508. The van der Waals surface area contributed by atoms with E-state index in [4.69, 9.17) is 4.74 Å². The van der Waals surface area contributed by atoms with Crippen molar-refractivity contribution in [3.63, 3.8) is 0 Å². The highest BCUT2D eigenvalue weighted by molar-refractivity contribution is 5.91. The van der Waals surface area contributed by atoms with E-state index >= 15 is 0 Å². The van der Waals surface area contributed by atoms with Gasteiger partial charge in [-0.05, 0) is 47.9 Å². The molecule has 0 radical (unpaired) electrons. The number of rotatable bonds is 4. The maximum absolute atomic E-state index is 13.1. The van der Waals surface area contributed by atoms with Crippen molar-refractivity contribution in [3.8, 4) is 11.3 Å². The summed E-state index contributed by atoms with van der Waals surface area (Å²) in [4.78, 5) is 14.8. The Balaban J connectivity index is 2.07. The third-order valence-corrected chi connectivity index (χ3v) is 3.75. The number of esters is 1. The SMILES string of the molecule is COC(=O)CCc1c(-c2ccc(F)cc2)[nH]c2ccccc12. The lowest BCUT2D eigenvalue weighted by Gasteiger charge is -2.05. The Morgan fingerprint density at radius 1 is 1.14 bits per heavy atom. The fraction of sp³-hybridized carbons (Fsp3) is 0.167. The van der Waals surface area contributed by atoms with Gasteiger partial charge in [0.25, 0.3) is 0 Å². The van der Waals surface area contributed by atoms with Gasteiger partial charge in [0.05, 0.1) is 7.11 Å². The largest absolute Gasteiger partial charge is 0.469 e. The van der Waals surface area contributed by atoms with Crippen LogP contribution in [0.2, 0.25) is 0 Å². The zero-order valence-corrected chi connectivity index (χ0v) is 12.2. The van der Waals surface area contributed by atoms with Gasteiger partial charge in [-0.15, -0.1) is 0 Å². The number of aromatic nitrogens is 1. The zero-order valence-electron chi connectivity index (χ0n) is 12.2. The molecule has 2 aromatic carbocycles. The number of benzene rings is 2. The number of nitrogens with one attached hydrogen (secondary N) is 1. The minimum absolute atomic E-state index is 0.240. The highest BCUT2D eigenvalue weighted by Crippen LogP contribution is 2.31.